The molecule has 2 aromatic carbocycles. The summed E-state index contributed by atoms with van der Waals surface area (Å²) in [5.74, 6) is -0.419. The molecule has 1 amide bonds. The van der Waals surface area contributed by atoms with Gasteiger partial charge in [-0.25, -0.2) is 13.1 Å². The maximum Gasteiger partial charge on any atom is 0.228 e. The van der Waals surface area contributed by atoms with E-state index in [0.29, 0.717) is 26.9 Å². The smallest absolute Gasteiger partial charge is 0.228 e. The summed E-state index contributed by atoms with van der Waals surface area (Å²) in [5, 5.41) is 3.60. The number of amides is 1. The Labute approximate surface area is 163 Å². The largest absolute Gasteiger partial charge is 0.326 e. The molecule has 0 aliphatic rings. The molecule has 5 nitrogen and oxygen atoms in total. The molecule has 0 heterocycles. The van der Waals surface area contributed by atoms with Gasteiger partial charge in [-0.3, -0.25) is 4.79 Å². The number of rotatable bonds is 8. The Kier molecular flexibility index (Phi) is 7.23. The molecule has 0 spiro atoms. The molecule has 0 aliphatic carbocycles. The second-order valence-electron chi connectivity index (χ2n) is 5.52. The van der Waals surface area contributed by atoms with Gasteiger partial charge in [-0.15, -0.1) is 6.58 Å². The minimum absolute atomic E-state index is 0.0418. The summed E-state index contributed by atoms with van der Waals surface area (Å²) in [6, 6.07) is 11.6. The van der Waals surface area contributed by atoms with Gasteiger partial charge in [-0.2, -0.15) is 0 Å². The Hall–Kier alpha value is -1.86. The van der Waals surface area contributed by atoms with E-state index in [1.807, 2.05) is 0 Å². The van der Waals surface area contributed by atoms with Gasteiger partial charge >= 0.3 is 0 Å². The number of benzene rings is 2. The summed E-state index contributed by atoms with van der Waals surface area (Å²) in [6.07, 6.45) is 1.52. The Morgan fingerprint density at radius 2 is 1.69 bits per heavy atom. The Balaban J connectivity index is 1.98. The Bertz CT molecular complexity index is 877. The van der Waals surface area contributed by atoms with Gasteiger partial charge in [0, 0.05) is 22.3 Å². The Morgan fingerprint density at radius 1 is 1.08 bits per heavy atom. The van der Waals surface area contributed by atoms with Crippen molar-refractivity contribution in [1.29, 1.82) is 0 Å². The first-order chi connectivity index (χ1) is 12.3. The number of nitrogens with one attached hydrogen (secondary N) is 2. The van der Waals surface area contributed by atoms with Crippen molar-refractivity contribution in [2.75, 3.05) is 11.9 Å². The molecule has 8 heteroatoms. The highest BCUT2D eigenvalue weighted by molar-refractivity contribution is 7.88. The molecule has 0 aliphatic heterocycles. The number of carbonyl (C=O) groups is 1. The third kappa shape index (κ3) is 6.14. The molecule has 0 fully saturated rings. The molecule has 2 aromatic rings. The molecule has 26 heavy (non-hydrogen) atoms. The molecule has 0 atom stereocenters. The Morgan fingerprint density at radius 3 is 2.27 bits per heavy atom. The van der Waals surface area contributed by atoms with Crippen LogP contribution in [0, 0.1) is 0 Å². The summed E-state index contributed by atoms with van der Waals surface area (Å²) < 4.78 is 26.1. The van der Waals surface area contributed by atoms with E-state index in [-0.39, 0.29) is 24.6 Å². The second kappa shape index (κ2) is 9.19. The van der Waals surface area contributed by atoms with Crippen molar-refractivity contribution in [3.05, 3.63) is 76.3 Å². The van der Waals surface area contributed by atoms with Crippen LogP contribution >= 0.6 is 23.2 Å². The van der Waals surface area contributed by atoms with E-state index in [2.05, 4.69) is 16.6 Å². The molecule has 0 bridgehead atoms. The summed E-state index contributed by atoms with van der Waals surface area (Å²) in [5.41, 5.74) is 1.72. The monoisotopic (exact) mass is 412 g/mol. The van der Waals surface area contributed by atoms with Gasteiger partial charge in [0.15, 0.2) is 0 Å². The van der Waals surface area contributed by atoms with E-state index in [9.17, 15) is 13.2 Å². The van der Waals surface area contributed by atoms with Crippen LogP contribution in [0.4, 0.5) is 5.69 Å². The number of anilines is 1. The zero-order valence-corrected chi connectivity index (χ0v) is 16.2. The first-order valence-corrected chi connectivity index (χ1v) is 10.1. The zero-order chi connectivity index (χ0) is 19.2. The fourth-order valence-corrected chi connectivity index (χ4v) is 3.84. The van der Waals surface area contributed by atoms with Crippen molar-refractivity contribution in [3.8, 4) is 0 Å². The van der Waals surface area contributed by atoms with Crippen LogP contribution in [0.3, 0.4) is 0 Å². The lowest BCUT2D eigenvalue weighted by molar-refractivity contribution is -0.115. The van der Waals surface area contributed by atoms with Gasteiger partial charge in [0.25, 0.3) is 0 Å². The van der Waals surface area contributed by atoms with Crippen LogP contribution < -0.4 is 10.0 Å². The molecule has 0 unspecified atom stereocenters. The van der Waals surface area contributed by atoms with Gasteiger partial charge < -0.3 is 5.32 Å². The minimum atomic E-state index is -3.42. The first kappa shape index (κ1) is 20.5. The van der Waals surface area contributed by atoms with Crippen LogP contribution in [0.1, 0.15) is 11.1 Å². The SMILES string of the molecule is C=CCNS(=O)(=O)Cc1ccc(NC(=O)Cc2c(Cl)cccc2Cl)cc1. The minimum Gasteiger partial charge on any atom is -0.326 e. The average Bonchev–Trinajstić information content (AvgIpc) is 2.58. The van der Waals surface area contributed by atoms with Crippen molar-refractivity contribution in [1.82, 2.24) is 4.72 Å². The van der Waals surface area contributed by atoms with Gasteiger partial charge in [0.1, 0.15) is 0 Å². The third-order valence-corrected chi connectivity index (χ3v) is 5.47. The van der Waals surface area contributed by atoms with Gasteiger partial charge in [0.05, 0.1) is 12.2 Å². The maximum absolute atomic E-state index is 12.2. The van der Waals surface area contributed by atoms with Gasteiger partial charge in [-0.05, 0) is 35.4 Å². The quantitative estimate of drug-likeness (QED) is 0.647. The molecule has 0 saturated heterocycles. The number of sulfonamides is 1. The highest BCUT2D eigenvalue weighted by Gasteiger charge is 2.12. The van der Waals surface area contributed by atoms with Crippen LogP contribution in [0.2, 0.25) is 10.0 Å². The maximum atomic E-state index is 12.2. The fourth-order valence-electron chi connectivity index (χ4n) is 2.21. The van der Waals surface area contributed by atoms with Crippen molar-refractivity contribution in [2.45, 2.75) is 12.2 Å². The van der Waals surface area contributed by atoms with Crippen LogP contribution in [-0.2, 0) is 27.0 Å². The van der Waals surface area contributed by atoms with E-state index < -0.39 is 10.0 Å². The van der Waals surface area contributed by atoms with E-state index in [1.54, 1.807) is 42.5 Å². The van der Waals surface area contributed by atoms with E-state index >= 15 is 0 Å². The molecule has 0 aromatic heterocycles. The van der Waals surface area contributed by atoms with E-state index in [1.165, 1.54) is 6.08 Å². The van der Waals surface area contributed by atoms with Gasteiger partial charge in [-0.1, -0.05) is 47.5 Å². The normalized spacial score (nSPS) is 11.2. The summed E-state index contributed by atoms with van der Waals surface area (Å²) in [6.45, 7) is 3.65. The fraction of sp³-hybridized carbons (Fsp3) is 0.167. The van der Waals surface area contributed by atoms with Crippen molar-refractivity contribution >= 4 is 44.8 Å². The highest BCUT2D eigenvalue weighted by atomic mass is 35.5. The van der Waals surface area contributed by atoms with Crippen molar-refractivity contribution < 1.29 is 13.2 Å². The van der Waals surface area contributed by atoms with Crippen LogP contribution in [0.15, 0.2) is 55.1 Å². The van der Waals surface area contributed by atoms with Crippen LogP contribution in [0.5, 0.6) is 0 Å². The molecule has 0 radical (unpaired) electrons. The highest BCUT2D eigenvalue weighted by Crippen LogP contribution is 2.25. The van der Waals surface area contributed by atoms with Crippen molar-refractivity contribution in [2.24, 2.45) is 0 Å². The molecule has 138 valence electrons. The lowest BCUT2D eigenvalue weighted by atomic mass is 10.1. The number of carbonyl (C=O) groups excluding carboxylic acids is 1. The lowest BCUT2D eigenvalue weighted by Crippen LogP contribution is -2.25. The third-order valence-electron chi connectivity index (χ3n) is 3.44. The topological polar surface area (TPSA) is 75.3 Å². The number of hydrogen-bond acceptors (Lipinski definition) is 3. The summed E-state index contributed by atoms with van der Waals surface area (Å²) >= 11 is 12.1. The molecule has 2 N–H and O–H groups in total. The number of halogens is 2. The lowest BCUT2D eigenvalue weighted by Gasteiger charge is -2.09. The predicted molar refractivity (Wildman–Crippen MR) is 106 cm³/mol. The van der Waals surface area contributed by atoms with E-state index in [4.69, 9.17) is 23.2 Å². The second-order valence-corrected chi connectivity index (χ2v) is 8.14. The average molecular weight is 413 g/mol. The molecular formula is C18H18Cl2N2O3S. The standard InChI is InChI=1S/C18H18Cl2N2O3S/c1-2-10-21-26(24,25)12-13-6-8-14(9-7-13)22-18(23)11-15-16(19)4-3-5-17(15)20/h2-9,21H,1,10-12H2,(H,22,23). The summed E-state index contributed by atoms with van der Waals surface area (Å²) in [7, 11) is -3.42. The number of hydrogen-bond donors (Lipinski definition) is 2. The molecular weight excluding hydrogens is 395 g/mol. The van der Waals surface area contributed by atoms with Crippen LogP contribution in [-0.4, -0.2) is 20.9 Å². The predicted octanol–water partition coefficient (Wildman–Crippen LogP) is 3.78. The zero-order valence-electron chi connectivity index (χ0n) is 13.8. The van der Waals surface area contributed by atoms with E-state index in [0.717, 1.165) is 0 Å². The summed E-state index contributed by atoms with van der Waals surface area (Å²) in [4.78, 5) is 12.2. The van der Waals surface area contributed by atoms with Gasteiger partial charge in [0.2, 0.25) is 15.9 Å². The van der Waals surface area contributed by atoms with Crippen LogP contribution in [0.25, 0.3) is 0 Å². The van der Waals surface area contributed by atoms with Crippen molar-refractivity contribution in [3.63, 3.8) is 0 Å². The molecule has 2 rings (SSSR count). The molecule has 0 saturated carbocycles. The first-order valence-electron chi connectivity index (χ1n) is 7.70.